The Hall–Kier alpha value is -2.90. The standard InChI is InChI=1S/C28H33FN2O3S/c1-30(28(32)22-12-15-35-19-22)26(17-21-6-4-5-7-25(21)29)20-10-13-31(14-11-20)18-23-16-24(33-2)8-9-27(23)34-3/h4-9,12,15-16,19-20,26H,10-11,13-14,17-18H2,1-3H3/t26-/m1/s1. The predicted molar refractivity (Wildman–Crippen MR) is 138 cm³/mol. The lowest BCUT2D eigenvalue weighted by Gasteiger charge is -2.40. The lowest BCUT2D eigenvalue weighted by Crippen LogP contribution is -2.47. The Bertz CT molecular complexity index is 1110. The van der Waals surface area contributed by atoms with E-state index in [0.717, 1.165) is 49.5 Å². The van der Waals surface area contributed by atoms with Crippen molar-refractivity contribution in [2.24, 2.45) is 5.92 Å². The number of carbonyl (C=O) groups excluding carboxylic acids is 1. The van der Waals surface area contributed by atoms with Crippen LogP contribution in [-0.2, 0) is 13.0 Å². The molecule has 7 heteroatoms. The fourth-order valence-electron chi connectivity index (χ4n) is 4.99. The highest BCUT2D eigenvalue weighted by atomic mass is 32.1. The Morgan fingerprint density at radius 2 is 1.89 bits per heavy atom. The zero-order chi connectivity index (χ0) is 24.8. The van der Waals surface area contributed by atoms with Crippen LogP contribution in [0.3, 0.4) is 0 Å². The fraction of sp³-hybridized carbons (Fsp3) is 0.393. The molecule has 4 rings (SSSR count). The normalized spacial score (nSPS) is 15.5. The number of benzene rings is 2. The van der Waals surface area contributed by atoms with Gasteiger partial charge in [-0.05, 0) is 79.5 Å². The van der Waals surface area contributed by atoms with Gasteiger partial charge in [0, 0.05) is 30.6 Å². The number of likely N-dealkylation sites (tertiary alicyclic amines) is 1. The van der Waals surface area contributed by atoms with Gasteiger partial charge in [-0.2, -0.15) is 11.3 Å². The molecule has 1 fully saturated rings. The van der Waals surface area contributed by atoms with Crippen molar-refractivity contribution in [3.63, 3.8) is 0 Å². The van der Waals surface area contributed by atoms with E-state index in [1.54, 1.807) is 20.3 Å². The maximum absolute atomic E-state index is 14.6. The summed E-state index contributed by atoms with van der Waals surface area (Å²) in [5.41, 5.74) is 2.45. The quantitative estimate of drug-likeness (QED) is 0.392. The number of carbonyl (C=O) groups is 1. The molecule has 2 aromatic carbocycles. The summed E-state index contributed by atoms with van der Waals surface area (Å²) in [6.07, 6.45) is 2.38. The number of rotatable bonds is 9. The van der Waals surface area contributed by atoms with E-state index >= 15 is 0 Å². The third kappa shape index (κ3) is 6.03. The van der Waals surface area contributed by atoms with Gasteiger partial charge < -0.3 is 14.4 Å². The molecule has 0 radical (unpaired) electrons. The second-order valence-electron chi connectivity index (χ2n) is 9.08. The highest BCUT2D eigenvalue weighted by Gasteiger charge is 2.32. The van der Waals surface area contributed by atoms with Crippen molar-refractivity contribution < 1.29 is 18.7 Å². The highest BCUT2D eigenvalue weighted by molar-refractivity contribution is 7.08. The zero-order valence-corrected chi connectivity index (χ0v) is 21.4. The van der Waals surface area contributed by atoms with E-state index in [-0.39, 0.29) is 23.7 Å². The molecular formula is C28H33FN2O3S. The van der Waals surface area contributed by atoms with E-state index in [2.05, 4.69) is 4.90 Å². The summed E-state index contributed by atoms with van der Waals surface area (Å²) >= 11 is 1.51. The van der Waals surface area contributed by atoms with E-state index in [0.29, 0.717) is 17.5 Å². The number of hydrogen-bond donors (Lipinski definition) is 0. The molecule has 3 aromatic rings. The smallest absolute Gasteiger partial charge is 0.254 e. The van der Waals surface area contributed by atoms with Gasteiger partial charge in [0.15, 0.2) is 0 Å². The topological polar surface area (TPSA) is 42.0 Å². The van der Waals surface area contributed by atoms with E-state index in [4.69, 9.17) is 9.47 Å². The van der Waals surface area contributed by atoms with Gasteiger partial charge in [-0.25, -0.2) is 4.39 Å². The molecule has 35 heavy (non-hydrogen) atoms. The van der Waals surface area contributed by atoms with Crippen molar-refractivity contribution in [2.75, 3.05) is 34.4 Å². The summed E-state index contributed by atoms with van der Waals surface area (Å²) in [7, 11) is 5.21. The van der Waals surface area contributed by atoms with Crippen LogP contribution < -0.4 is 9.47 Å². The van der Waals surface area contributed by atoms with Crippen LogP contribution >= 0.6 is 11.3 Å². The van der Waals surface area contributed by atoms with E-state index in [1.165, 1.54) is 17.4 Å². The molecule has 2 heterocycles. The Morgan fingerprint density at radius 1 is 1.11 bits per heavy atom. The van der Waals surface area contributed by atoms with Gasteiger partial charge in [0.2, 0.25) is 0 Å². The van der Waals surface area contributed by atoms with Gasteiger partial charge in [0.1, 0.15) is 17.3 Å². The maximum Gasteiger partial charge on any atom is 0.254 e. The van der Waals surface area contributed by atoms with Crippen LogP contribution in [0.2, 0.25) is 0 Å². The van der Waals surface area contributed by atoms with Crippen LogP contribution in [0.1, 0.15) is 34.3 Å². The summed E-state index contributed by atoms with van der Waals surface area (Å²) < 4.78 is 25.5. The first-order chi connectivity index (χ1) is 17.0. The summed E-state index contributed by atoms with van der Waals surface area (Å²) in [5, 5.41) is 3.79. The minimum absolute atomic E-state index is 0.00358. The van der Waals surface area contributed by atoms with Gasteiger partial charge in [-0.1, -0.05) is 18.2 Å². The molecule has 0 aliphatic carbocycles. The molecule has 1 aromatic heterocycles. The summed E-state index contributed by atoms with van der Waals surface area (Å²) in [5.74, 6) is 1.74. The molecule has 1 atom stereocenters. The largest absolute Gasteiger partial charge is 0.497 e. The zero-order valence-electron chi connectivity index (χ0n) is 20.6. The third-order valence-electron chi connectivity index (χ3n) is 7.03. The van der Waals surface area contributed by atoms with Crippen molar-refractivity contribution in [3.05, 3.63) is 81.8 Å². The van der Waals surface area contributed by atoms with Gasteiger partial charge in [0.25, 0.3) is 5.91 Å². The SMILES string of the molecule is COc1ccc(OC)c(CN2CCC([C@@H](Cc3ccccc3F)N(C)C(=O)c3ccsc3)CC2)c1. The Kier molecular flexibility index (Phi) is 8.42. The third-order valence-corrected chi connectivity index (χ3v) is 7.71. The molecule has 0 saturated carbocycles. The lowest BCUT2D eigenvalue weighted by molar-refractivity contribution is 0.0583. The number of piperidine rings is 1. The number of likely N-dealkylation sites (N-methyl/N-ethyl adjacent to an activating group) is 1. The average Bonchev–Trinajstić information content (AvgIpc) is 3.43. The number of ether oxygens (including phenoxy) is 2. The minimum Gasteiger partial charge on any atom is -0.497 e. The van der Waals surface area contributed by atoms with Crippen molar-refractivity contribution in [3.8, 4) is 11.5 Å². The van der Waals surface area contributed by atoms with E-state index in [1.807, 2.05) is 59.1 Å². The monoisotopic (exact) mass is 496 g/mol. The number of nitrogens with zero attached hydrogens (tertiary/aromatic N) is 2. The molecule has 186 valence electrons. The molecule has 0 N–H and O–H groups in total. The number of thiophene rings is 1. The Morgan fingerprint density at radius 3 is 2.54 bits per heavy atom. The van der Waals surface area contributed by atoms with Gasteiger partial charge in [0.05, 0.1) is 19.8 Å². The second-order valence-corrected chi connectivity index (χ2v) is 9.86. The van der Waals surface area contributed by atoms with Crippen LogP contribution in [0.15, 0.2) is 59.3 Å². The van der Waals surface area contributed by atoms with Crippen molar-refractivity contribution >= 4 is 17.2 Å². The molecule has 5 nitrogen and oxygen atoms in total. The van der Waals surface area contributed by atoms with E-state index in [9.17, 15) is 9.18 Å². The van der Waals surface area contributed by atoms with Crippen molar-refractivity contribution in [1.29, 1.82) is 0 Å². The predicted octanol–water partition coefficient (Wildman–Crippen LogP) is 5.50. The van der Waals surface area contributed by atoms with Crippen LogP contribution in [0.25, 0.3) is 0 Å². The molecule has 1 saturated heterocycles. The fourth-order valence-corrected chi connectivity index (χ4v) is 5.62. The highest BCUT2D eigenvalue weighted by Crippen LogP contribution is 2.31. The van der Waals surface area contributed by atoms with Gasteiger partial charge in [-0.3, -0.25) is 9.69 Å². The van der Waals surface area contributed by atoms with Crippen LogP contribution in [0.4, 0.5) is 4.39 Å². The minimum atomic E-state index is -0.212. The average molecular weight is 497 g/mol. The van der Waals surface area contributed by atoms with Gasteiger partial charge >= 0.3 is 0 Å². The summed E-state index contributed by atoms with van der Waals surface area (Å²) in [6.45, 7) is 2.58. The Balaban J connectivity index is 1.48. The number of hydrogen-bond acceptors (Lipinski definition) is 5. The molecule has 1 aliphatic rings. The van der Waals surface area contributed by atoms with E-state index < -0.39 is 0 Å². The van der Waals surface area contributed by atoms with Crippen molar-refractivity contribution in [1.82, 2.24) is 9.80 Å². The van der Waals surface area contributed by atoms with Crippen LogP contribution in [0, 0.1) is 11.7 Å². The van der Waals surface area contributed by atoms with Gasteiger partial charge in [-0.15, -0.1) is 0 Å². The molecule has 0 spiro atoms. The van der Waals surface area contributed by atoms with Crippen molar-refractivity contribution in [2.45, 2.75) is 31.8 Å². The lowest BCUT2D eigenvalue weighted by atomic mass is 9.84. The molecule has 0 unspecified atom stereocenters. The first kappa shape index (κ1) is 25.2. The first-order valence-corrected chi connectivity index (χ1v) is 12.9. The number of halogens is 1. The molecule has 1 amide bonds. The molecule has 1 aliphatic heterocycles. The number of methoxy groups -OCH3 is 2. The first-order valence-electron chi connectivity index (χ1n) is 12.0. The molecule has 0 bridgehead atoms. The summed E-state index contributed by atoms with van der Waals surface area (Å²) in [4.78, 5) is 17.4. The maximum atomic E-state index is 14.6. The van der Waals surface area contributed by atoms with Crippen LogP contribution in [-0.4, -0.2) is 56.1 Å². The second kappa shape index (κ2) is 11.7. The molecular weight excluding hydrogens is 463 g/mol. The Labute approximate surface area is 211 Å². The number of amides is 1. The summed E-state index contributed by atoms with van der Waals surface area (Å²) in [6, 6.07) is 14.5. The van der Waals surface area contributed by atoms with Crippen LogP contribution in [0.5, 0.6) is 11.5 Å².